The van der Waals surface area contributed by atoms with E-state index in [1.807, 2.05) is 6.08 Å². The van der Waals surface area contributed by atoms with E-state index < -0.39 is 0 Å². The molecule has 0 radical (unpaired) electrons. The molecule has 0 heteroatoms. The van der Waals surface area contributed by atoms with Gasteiger partial charge in [0, 0.05) is 0 Å². The molecule has 0 aromatic rings. The summed E-state index contributed by atoms with van der Waals surface area (Å²) in [5.74, 6) is 1.10. The van der Waals surface area contributed by atoms with Crippen LogP contribution < -0.4 is 0 Å². The molecule has 0 aromatic heterocycles. The van der Waals surface area contributed by atoms with E-state index in [4.69, 9.17) is 0 Å². The van der Waals surface area contributed by atoms with E-state index in [9.17, 15) is 0 Å². The summed E-state index contributed by atoms with van der Waals surface area (Å²) in [4.78, 5) is 0. The van der Waals surface area contributed by atoms with E-state index in [2.05, 4.69) is 33.9 Å². The minimum absolute atomic E-state index is 0.468. The van der Waals surface area contributed by atoms with Crippen LogP contribution in [0, 0.1) is 11.8 Å². The van der Waals surface area contributed by atoms with Crippen molar-refractivity contribution in [3.63, 3.8) is 0 Å². The largest absolute Gasteiger partial charge is 0.102 e. The average molecular weight is 138 g/mol. The Morgan fingerprint density at radius 1 is 1.50 bits per heavy atom. The SMILES string of the molecule is C=CC(C)C(=C)C(C)CC. The van der Waals surface area contributed by atoms with Crippen LogP contribution in [0.5, 0.6) is 0 Å². The molecule has 58 valence electrons. The number of hydrogen-bond donors (Lipinski definition) is 0. The number of rotatable bonds is 4. The molecular formula is C10H18. The van der Waals surface area contributed by atoms with Crippen molar-refractivity contribution >= 4 is 0 Å². The van der Waals surface area contributed by atoms with E-state index >= 15 is 0 Å². The molecule has 0 aromatic carbocycles. The fraction of sp³-hybridized carbons (Fsp3) is 0.600. The van der Waals surface area contributed by atoms with Crippen LogP contribution in [-0.4, -0.2) is 0 Å². The lowest BCUT2D eigenvalue weighted by Crippen LogP contribution is -2.03. The Labute approximate surface area is 64.6 Å². The summed E-state index contributed by atoms with van der Waals surface area (Å²) in [6.45, 7) is 14.3. The Morgan fingerprint density at radius 3 is 2.30 bits per heavy atom. The normalized spacial score (nSPS) is 15.9. The standard InChI is InChI=1S/C10H18/c1-6-8(3)10(5)9(4)7-2/h6,8-9H,1,5,7H2,2-4H3. The first-order valence-corrected chi connectivity index (χ1v) is 3.94. The highest BCUT2D eigenvalue weighted by Crippen LogP contribution is 2.20. The molecule has 0 bridgehead atoms. The van der Waals surface area contributed by atoms with Crippen molar-refractivity contribution in [2.75, 3.05) is 0 Å². The third kappa shape index (κ3) is 2.38. The molecule has 0 aliphatic heterocycles. The van der Waals surface area contributed by atoms with Crippen molar-refractivity contribution in [3.05, 3.63) is 24.8 Å². The van der Waals surface area contributed by atoms with Crippen LogP contribution in [0.1, 0.15) is 27.2 Å². The summed E-state index contributed by atoms with van der Waals surface area (Å²) < 4.78 is 0. The van der Waals surface area contributed by atoms with Gasteiger partial charge in [0.2, 0.25) is 0 Å². The van der Waals surface area contributed by atoms with Gasteiger partial charge in [-0.25, -0.2) is 0 Å². The maximum Gasteiger partial charge on any atom is -0.00544 e. The molecule has 2 atom stereocenters. The van der Waals surface area contributed by atoms with Crippen molar-refractivity contribution in [1.82, 2.24) is 0 Å². The molecule has 0 aliphatic carbocycles. The van der Waals surface area contributed by atoms with Gasteiger partial charge in [0.1, 0.15) is 0 Å². The zero-order valence-corrected chi connectivity index (χ0v) is 7.35. The lowest BCUT2D eigenvalue weighted by Gasteiger charge is -2.16. The van der Waals surface area contributed by atoms with E-state index in [1.54, 1.807) is 0 Å². The molecule has 0 heterocycles. The van der Waals surface area contributed by atoms with Crippen LogP contribution in [0.4, 0.5) is 0 Å². The van der Waals surface area contributed by atoms with Gasteiger partial charge in [0.25, 0.3) is 0 Å². The second-order valence-corrected chi connectivity index (χ2v) is 2.91. The molecule has 0 rings (SSSR count). The second-order valence-electron chi connectivity index (χ2n) is 2.91. The van der Waals surface area contributed by atoms with Crippen molar-refractivity contribution in [2.24, 2.45) is 11.8 Å². The van der Waals surface area contributed by atoms with Gasteiger partial charge in [-0.05, 0) is 18.3 Å². The average Bonchev–Trinajstić information content (AvgIpc) is 2.00. The van der Waals surface area contributed by atoms with Gasteiger partial charge >= 0.3 is 0 Å². The molecule has 0 nitrogen and oxygen atoms in total. The molecule has 0 N–H and O–H groups in total. The highest BCUT2D eigenvalue weighted by molar-refractivity contribution is 5.08. The van der Waals surface area contributed by atoms with Crippen LogP contribution in [0.3, 0.4) is 0 Å². The van der Waals surface area contributed by atoms with Crippen LogP contribution in [-0.2, 0) is 0 Å². The topological polar surface area (TPSA) is 0 Å². The Balaban J connectivity index is 3.93. The summed E-state index contributed by atoms with van der Waals surface area (Å²) in [6.07, 6.45) is 3.13. The number of hydrogen-bond acceptors (Lipinski definition) is 0. The molecule has 0 fully saturated rings. The molecule has 10 heavy (non-hydrogen) atoms. The van der Waals surface area contributed by atoms with Crippen LogP contribution in [0.2, 0.25) is 0 Å². The second kappa shape index (κ2) is 4.32. The Bertz CT molecular complexity index is 122. The minimum atomic E-state index is 0.468. The highest BCUT2D eigenvalue weighted by atomic mass is 14.1. The Morgan fingerprint density at radius 2 is 2.00 bits per heavy atom. The minimum Gasteiger partial charge on any atom is -0.102 e. The molecular weight excluding hydrogens is 120 g/mol. The van der Waals surface area contributed by atoms with Gasteiger partial charge in [-0.3, -0.25) is 0 Å². The predicted molar refractivity (Wildman–Crippen MR) is 48.0 cm³/mol. The summed E-state index contributed by atoms with van der Waals surface area (Å²) >= 11 is 0. The maximum atomic E-state index is 4.02. The first kappa shape index (κ1) is 9.48. The molecule has 0 amide bonds. The highest BCUT2D eigenvalue weighted by Gasteiger charge is 2.07. The first-order valence-electron chi connectivity index (χ1n) is 3.94. The lowest BCUT2D eigenvalue weighted by molar-refractivity contribution is 0.596. The first-order chi connectivity index (χ1) is 4.63. The zero-order valence-electron chi connectivity index (χ0n) is 7.35. The van der Waals surface area contributed by atoms with Gasteiger partial charge < -0.3 is 0 Å². The summed E-state index contributed by atoms with van der Waals surface area (Å²) in [5.41, 5.74) is 1.30. The summed E-state index contributed by atoms with van der Waals surface area (Å²) in [5, 5.41) is 0. The number of allylic oxidation sites excluding steroid dienone is 2. The lowest BCUT2D eigenvalue weighted by atomic mass is 9.90. The Kier molecular flexibility index (Phi) is 4.10. The van der Waals surface area contributed by atoms with Crippen molar-refractivity contribution in [2.45, 2.75) is 27.2 Å². The van der Waals surface area contributed by atoms with Gasteiger partial charge in [0.05, 0.1) is 0 Å². The summed E-state index contributed by atoms with van der Waals surface area (Å²) in [6, 6.07) is 0. The van der Waals surface area contributed by atoms with Gasteiger partial charge in [-0.2, -0.15) is 0 Å². The predicted octanol–water partition coefficient (Wildman–Crippen LogP) is 3.41. The zero-order chi connectivity index (χ0) is 8.15. The molecule has 0 aliphatic rings. The van der Waals surface area contributed by atoms with Crippen molar-refractivity contribution in [3.8, 4) is 0 Å². The molecule has 2 unspecified atom stereocenters. The van der Waals surface area contributed by atoms with Crippen molar-refractivity contribution < 1.29 is 0 Å². The van der Waals surface area contributed by atoms with Gasteiger partial charge in [0.15, 0.2) is 0 Å². The van der Waals surface area contributed by atoms with E-state index in [0.29, 0.717) is 11.8 Å². The van der Waals surface area contributed by atoms with Crippen molar-refractivity contribution in [1.29, 1.82) is 0 Å². The monoisotopic (exact) mass is 138 g/mol. The van der Waals surface area contributed by atoms with E-state index in [0.717, 1.165) is 0 Å². The molecule has 0 saturated heterocycles. The molecule has 0 saturated carbocycles. The third-order valence-corrected chi connectivity index (χ3v) is 2.18. The fourth-order valence-electron chi connectivity index (χ4n) is 0.862. The van der Waals surface area contributed by atoms with Gasteiger partial charge in [-0.15, -0.1) is 6.58 Å². The van der Waals surface area contributed by atoms with Gasteiger partial charge in [-0.1, -0.05) is 39.0 Å². The van der Waals surface area contributed by atoms with Crippen LogP contribution in [0.25, 0.3) is 0 Å². The maximum absolute atomic E-state index is 4.02. The fourth-order valence-corrected chi connectivity index (χ4v) is 0.862. The van der Waals surface area contributed by atoms with Crippen LogP contribution >= 0.6 is 0 Å². The van der Waals surface area contributed by atoms with Crippen LogP contribution in [0.15, 0.2) is 24.8 Å². The Hall–Kier alpha value is -0.520. The third-order valence-electron chi connectivity index (χ3n) is 2.18. The smallest absolute Gasteiger partial charge is 0.00544 e. The van der Waals surface area contributed by atoms with E-state index in [1.165, 1.54) is 12.0 Å². The quantitative estimate of drug-likeness (QED) is 0.522. The van der Waals surface area contributed by atoms with E-state index in [-0.39, 0.29) is 0 Å². The molecule has 0 spiro atoms. The summed E-state index contributed by atoms with van der Waals surface area (Å²) in [7, 11) is 0.